The third-order valence-corrected chi connectivity index (χ3v) is 8.07. The summed E-state index contributed by atoms with van der Waals surface area (Å²) in [6.45, 7) is 7.60. The number of rotatable bonds is 11. The van der Waals surface area contributed by atoms with Crippen LogP contribution >= 0.6 is 0 Å². The summed E-state index contributed by atoms with van der Waals surface area (Å²) in [6.07, 6.45) is 3.17. The van der Waals surface area contributed by atoms with Gasteiger partial charge >= 0.3 is 11.9 Å². The lowest BCUT2D eigenvalue weighted by Gasteiger charge is -2.37. The first-order valence-electron chi connectivity index (χ1n) is 13.8. The van der Waals surface area contributed by atoms with Crippen molar-refractivity contribution in [3.63, 3.8) is 0 Å². The Balaban J connectivity index is 0.000000557. The lowest BCUT2D eigenvalue weighted by molar-refractivity contribution is -0.134. The maximum absolute atomic E-state index is 13.4. The summed E-state index contributed by atoms with van der Waals surface area (Å²) in [5.74, 6) is -2.77. The van der Waals surface area contributed by atoms with E-state index in [1.54, 1.807) is 30.3 Å². The van der Waals surface area contributed by atoms with Gasteiger partial charge in [-0.05, 0) is 59.2 Å². The van der Waals surface area contributed by atoms with Gasteiger partial charge in [-0.25, -0.2) is 27.4 Å². The largest absolute Gasteiger partial charge is 0.478 e. The number of hydrogen-bond donors (Lipinski definition) is 3. The first-order chi connectivity index (χ1) is 20.3. The second-order valence-corrected chi connectivity index (χ2v) is 12.9. The minimum absolute atomic E-state index is 0.0842. The van der Waals surface area contributed by atoms with E-state index >= 15 is 0 Å². The van der Waals surface area contributed by atoms with Crippen molar-refractivity contribution in [2.75, 3.05) is 13.1 Å². The molecular weight excluding hydrogens is 573 g/mol. The van der Waals surface area contributed by atoms with Crippen LogP contribution in [-0.4, -0.2) is 53.6 Å². The lowest BCUT2D eigenvalue weighted by Crippen LogP contribution is -2.50. The van der Waals surface area contributed by atoms with Crippen LogP contribution in [-0.2, 0) is 39.2 Å². The molecular formula is C32H38FN3O6S. The minimum atomic E-state index is -3.68. The summed E-state index contributed by atoms with van der Waals surface area (Å²) in [6, 6.07) is 23.8. The van der Waals surface area contributed by atoms with Crippen molar-refractivity contribution in [1.29, 1.82) is 0 Å². The van der Waals surface area contributed by atoms with Gasteiger partial charge in [0.1, 0.15) is 5.82 Å². The number of carbonyl (C=O) groups is 2. The number of piperidine rings is 1. The van der Waals surface area contributed by atoms with Gasteiger partial charge in [-0.3, -0.25) is 4.90 Å². The Morgan fingerprint density at radius 1 is 0.884 bits per heavy atom. The molecule has 0 atom stereocenters. The van der Waals surface area contributed by atoms with Crippen molar-refractivity contribution < 1.29 is 32.6 Å². The molecule has 0 aromatic heterocycles. The number of nitrogens with one attached hydrogen (secondary N) is 1. The summed E-state index contributed by atoms with van der Waals surface area (Å²) in [5.41, 5.74) is 3.15. The third kappa shape index (κ3) is 12.1. The first kappa shape index (κ1) is 33.6. The van der Waals surface area contributed by atoms with Crippen LogP contribution < -0.4 is 4.83 Å². The van der Waals surface area contributed by atoms with Crippen molar-refractivity contribution in [3.8, 4) is 0 Å². The zero-order chi connectivity index (χ0) is 31.5. The number of hydrazine groups is 1. The standard InChI is InChI=1S/C28H34FN3O2S.C4H4O4/c1-28(2)16-7-17-32(22-28)30-35(33,34)27-11-6-10-25(18-27)21-31(19-23-8-4-3-5-9-23)20-24-12-14-26(29)15-13-24;5-3(6)1-2-4(7)8/h3-6,8-15,18,30H,7,16-17,19-22H2,1-2H3;1-2H,(H,5,6)(H,7,8)/b;2-1-. The molecule has 43 heavy (non-hydrogen) atoms. The number of halogens is 1. The Morgan fingerprint density at radius 2 is 1.44 bits per heavy atom. The maximum Gasteiger partial charge on any atom is 0.328 e. The van der Waals surface area contributed by atoms with Gasteiger partial charge < -0.3 is 10.2 Å². The second kappa shape index (κ2) is 15.5. The summed E-state index contributed by atoms with van der Waals surface area (Å²) in [7, 11) is -3.68. The zero-order valence-corrected chi connectivity index (χ0v) is 25.1. The Hall–Kier alpha value is -3.90. The third-order valence-electron chi connectivity index (χ3n) is 6.70. The van der Waals surface area contributed by atoms with Gasteiger partial charge in [0.2, 0.25) is 0 Å². The molecule has 3 N–H and O–H groups in total. The minimum Gasteiger partial charge on any atom is -0.478 e. The smallest absolute Gasteiger partial charge is 0.328 e. The molecule has 230 valence electrons. The predicted octanol–water partition coefficient (Wildman–Crippen LogP) is 5.06. The van der Waals surface area contributed by atoms with Crippen LogP contribution in [0.3, 0.4) is 0 Å². The van der Waals surface area contributed by atoms with E-state index in [1.165, 1.54) is 12.1 Å². The van der Waals surface area contributed by atoms with Gasteiger partial charge in [0, 0.05) is 44.9 Å². The number of aliphatic carboxylic acids is 2. The van der Waals surface area contributed by atoms with Crippen molar-refractivity contribution in [3.05, 3.63) is 114 Å². The molecule has 0 radical (unpaired) electrons. The van der Waals surface area contributed by atoms with E-state index < -0.39 is 22.0 Å². The van der Waals surface area contributed by atoms with E-state index in [1.807, 2.05) is 29.3 Å². The van der Waals surface area contributed by atoms with Crippen LogP contribution in [0.25, 0.3) is 0 Å². The molecule has 0 unspecified atom stereocenters. The van der Waals surface area contributed by atoms with Crippen molar-refractivity contribution in [2.45, 2.75) is 51.2 Å². The molecule has 1 aliphatic heterocycles. The zero-order valence-electron chi connectivity index (χ0n) is 24.3. The summed E-state index contributed by atoms with van der Waals surface area (Å²) in [4.78, 5) is 24.4. The van der Waals surface area contributed by atoms with E-state index in [4.69, 9.17) is 10.2 Å². The fraction of sp³-hybridized carbons (Fsp3) is 0.312. The highest BCUT2D eigenvalue weighted by Gasteiger charge is 2.29. The summed E-state index contributed by atoms with van der Waals surface area (Å²) >= 11 is 0. The van der Waals surface area contributed by atoms with Gasteiger partial charge in [-0.2, -0.15) is 0 Å². The number of carboxylic acids is 2. The SMILES string of the molecule is CC1(C)CCCN(NS(=O)(=O)c2cccc(CN(Cc3ccccc3)Cc3ccc(F)cc3)c2)C1.O=C(O)/C=C\C(=O)O. The molecule has 9 nitrogen and oxygen atoms in total. The molecule has 1 heterocycles. The molecule has 1 saturated heterocycles. The number of sulfonamides is 1. The van der Waals surface area contributed by atoms with Crippen molar-refractivity contribution in [1.82, 2.24) is 14.7 Å². The number of carboxylic acid groups (broad SMARTS) is 2. The second-order valence-electron chi connectivity index (χ2n) is 11.2. The fourth-order valence-corrected chi connectivity index (χ4v) is 5.96. The van der Waals surface area contributed by atoms with Crippen LogP contribution in [0, 0.1) is 11.2 Å². The predicted molar refractivity (Wildman–Crippen MR) is 162 cm³/mol. The average Bonchev–Trinajstić information content (AvgIpc) is 2.93. The average molecular weight is 612 g/mol. The Bertz CT molecular complexity index is 1480. The Labute approximate surface area is 252 Å². The van der Waals surface area contributed by atoms with Gasteiger partial charge in [0.15, 0.2) is 0 Å². The van der Waals surface area contributed by atoms with Crippen LogP contribution in [0.4, 0.5) is 4.39 Å². The van der Waals surface area contributed by atoms with E-state index in [-0.39, 0.29) is 16.1 Å². The van der Waals surface area contributed by atoms with E-state index in [2.05, 4.69) is 35.7 Å². The molecule has 4 rings (SSSR count). The van der Waals surface area contributed by atoms with Crippen molar-refractivity contribution >= 4 is 22.0 Å². The normalized spacial score (nSPS) is 15.2. The monoisotopic (exact) mass is 611 g/mol. The fourth-order valence-electron chi connectivity index (χ4n) is 4.79. The topological polar surface area (TPSA) is 127 Å². The molecule has 0 amide bonds. The van der Waals surface area contributed by atoms with Gasteiger partial charge in [0.25, 0.3) is 10.0 Å². The molecule has 0 aliphatic carbocycles. The van der Waals surface area contributed by atoms with Gasteiger partial charge in [0.05, 0.1) is 4.90 Å². The molecule has 0 saturated carbocycles. The molecule has 3 aromatic rings. The van der Waals surface area contributed by atoms with Gasteiger partial charge in [-0.1, -0.05) is 68.4 Å². The Morgan fingerprint density at radius 3 is 2.02 bits per heavy atom. The summed E-state index contributed by atoms with van der Waals surface area (Å²) < 4.78 is 39.7. The number of nitrogens with zero attached hydrogens (tertiary/aromatic N) is 2. The molecule has 1 fully saturated rings. The molecule has 1 aliphatic rings. The lowest BCUT2D eigenvalue weighted by atomic mass is 9.85. The van der Waals surface area contributed by atoms with Crippen LogP contribution in [0.15, 0.2) is 95.9 Å². The highest BCUT2D eigenvalue weighted by Crippen LogP contribution is 2.28. The summed E-state index contributed by atoms with van der Waals surface area (Å²) in [5, 5.41) is 17.4. The van der Waals surface area contributed by atoms with Crippen LogP contribution in [0.2, 0.25) is 0 Å². The highest BCUT2D eigenvalue weighted by atomic mass is 32.2. The van der Waals surface area contributed by atoms with E-state index in [0.717, 1.165) is 29.5 Å². The number of benzene rings is 3. The molecule has 0 spiro atoms. The molecule has 11 heteroatoms. The van der Waals surface area contributed by atoms with Gasteiger partial charge in [-0.15, -0.1) is 4.83 Å². The van der Waals surface area contributed by atoms with Crippen LogP contribution in [0.1, 0.15) is 43.4 Å². The quantitative estimate of drug-likeness (QED) is 0.257. The van der Waals surface area contributed by atoms with E-state index in [0.29, 0.717) is 44.9 Å². The Kier molecular flexibility index (Phi) is 12.1. The highest BCUT2D eigenvalue weighted by molar-refractivity contribution is 7.89. The molecule has 0 bridgehead atoms. The first-order valence-corrected chi connectivity index (χ1v) is 15.3. The molecule has 3 aromatic carbocycles. The number of hydrogen-bond acceptors (Lipinski definition) is 6. The van der Waals surface area contributed by atoms with E-state index in [9.17, 15) is 22.4 Å². The van der Waals surface area contributed by atoms with Crippen LogP contribution in [0.5, 0.6) is 0 Å². The van der Waals surface area contributed by atoms with Crippen molar-refractivity contribution in [2.24, 2.45) is 5.41 Å². The maximum atomic E-state index is 13.4.